The van der Waals surface area contributed by atoms with Gasteiger partial charge in [0.1, 0.15) is 5.75 Å². The zero-order chi connectivity index (χ0) is 16.4. The van der Waals surface area contributed by atoms with E-state index < -0.39 is 12.8 Å². The molecule has 2 aromatic carbocycles. The lowest BCUT2D eigenvalue weighted by Gasteiger charge is -2.11. The Kier molecular flexibility index (Phi) is 3.97. The van der Waals surface area contributed by atoms with Crippen LogP contribution in [0.15, 0.2) is 48.5 Å². The lowest BCUT2D eigenvalue weighted by Crippen LogP contribution is -2.19. The Bertz CT molecular complexity index is 893. The lowest BCUT2D eigenvalue weighted by molar-refractivity contribution is -0.153. The summed E-state index contributed by atoms with van der Waals surface area (Å²) >= 11 is 1.31. The second-order valence-electron chi connectivity index (χ2n) is 4.82. The smallest absolute Gasteiger partial charge is 0.422 e. The van der Waals surface area contributed by atoms with Crippen molar-refractivity contribution in [3.05, 3.63) is 54.1 Å². The molecule has 6 heteroatoms. The molecule has 1 heterocycles. The average molecular weight is 333 g/mol. The summed E-state index contributed by atoms with van der Waals surface area (Å²) in [4.78, 5) is 0.535. The van der Waals surface area contributed by atoms with Crippen LogP contribution in [0.3, 0.4) is 0 Å². The lowest BCUT2D eigenvalue weighted by atomic mass is 10.1. The highest BCUT2D eigenvalue weighted by atomic mass is 32.1. The minimum Gasteiger partial charge on any atom is -0.482 e. The summed E-state index contributed by atoms with van der Waals surface area (Å²) in [5, 5.41) is 9.85. The van der Waals surface area contributed by atoms with Crippen LogP contribution >= 0.6 is 11.3 Å². The quantitative estimate of drug-likeness (QED) is 0.644. The van der Waals surface area contributed by atoms with Gasteiger partial charge in [-0.25, -0.2) is 0 Å². The molecule has 3 rings (SSSR count). The van der Waals surface area contributed by atoms with Crippen molar-refractivity contribution in [1.29, 1.82) is 5.26 Å². The molecule has 23 heavy (non-hydrogen) atoms. The zero-order valence-electron chi connectivity index (χ0n) is 11.7. The van der Waals surface area contributed by atoms with Gasteiger partial charge in [-0.2, -0.15) is 18.4 Å². The van der Waals surface area contributed by atoms with Crippen LogP contribution < -0.4 is 4.74 Å². The molecule has 116 valence electrons. The number of ether oxygens (including phenoxy) is 1. The Balaban J connectivity index is 2.18. The molecule has 0 unspecified atom stereocenters. The van der Waals surface area contributed by atoms with Crippen molar-refractivity contribution in [2.75, 3.05) is 6.61 Å². The van der Waals surface area contributed by atoms with Crippen LogP contribution in [0.4, 0.5) is 13.2 Å². The zero-order valence-corrected chi connectivity index (χ0v) is 12.5. The minimum absolute atomic E-state index is 0.172. The Labute approximate surface area is 134 Å². The van der Waals surface area contributed by atoms with Gasteiger partial charge in [-0.15, -0.1) is 11.3 Å². The Morgan fingerprint density at radius 1 is 1.04 bits per heavy atom. The number of rotatable bonds is 3. The third kappa shape index (κ3) is 3.15. The monoisotopic (exact) mass is 333 g/mol. The maximum Gasteiger partial charge on any atom is 0.422 e. The molecule has 0 amide bonds. The molecule has 0 radical (unpaired) electrons. The first-order valence-electron chi connectivity index (χ1n) is 6.70. The molecule has 0 bridgehead atoms. The molecule has 3 aromatic rings. The highest BCUT2D eigenvalue weighted by Gasteiger charge is 2.30. The molecular weight excluding hydrogens is 323 g/mol. The fourth-order valence-electron chi connectivity index (χ4n) is 2.28. The summed E-state index contributed by atoms with van der Waals surface area (Å²) in [5.41, 5.74) is 0.976. The third-order valence-corrected chi connectivity index (χ3v) is 4.41. The van der Waals surface area contributed by atoms with Crippen LogP contribution in [0.5, 0.6) is 5.75 Å². The molecule has 2 nitrogen and oxygen atoms in total. The normalized spacial score (nSPS) is 11.4. The minimum atomic E-state index is -4.42. The maximum absolute atomic E-state index is 12.6. The summed E-state index contributed by atoms with van der Waals surface area (Å²) in [5.74, 6) is 0.172. The highest BCUT2D eigenvalue weighted by molar-refractivity contribution is 7.22. The summed E-state index contributed by atoms with van der Waals surface area (Å²) < 4.78 is 43.6. The summed E-state index contributed by atoms with van der Waals surface area (Å²) in [7, 11) is 0. The second-order valence-corrected chi connectivity index (χ2v) is 5.87. The van der Waals surface area contributed by atoms with Crippen molar-refractivity contribution in [3.63, 3.8) is 0 Å². The molecule has 0 N–H and O–H groups in total. The fourth-order valence-corrected chi connectivity index (χ4v) is 3.46. The number of alkyl halides is 3. The van der Waals surface area contributed by atoms with Crippen LogP contribution in [-0.4, -0.2) is 12.8 Å². The van der Waals surface area contributed by atoms with Gasteiger partial charge in [0.25, 0.3) is 0 Å². The third-order valence-electron chi connectivity index (χ3n) is 3.22. The van der Waals surface area contributed by atoms with E-state index in [2.05, 4.69) is 6.07 Å². The van der Waals surface area contributed by atoms with Gasteiger partial charge in [0.2, 0.25) is 0 Å². The molecule has 0 fully saturated rings. The number of nitrogens with zero attached hydrogens (tertiary/aromatic N) is 1. The SMILES string of the molecule is N#Cc1ccccc1-c1sc2ccccc2c1OCC(F)(F)F. The maximum atomic E-state index is 12.6. The van der Waals surface area contributed by atoms with E-state index in [1.165, 1.54) is 11.3 Å². The van der Waals surface area contributed by atoms with Crippen LogP contribution in [0.25, 0.3) is 20.5 Å². The number of halogens is 3. The highest BCUT2D eigenvalue weighted by Crippen LogP contribution is 2.45. The van der Waals surface area contributed by atoms with Crippen molar-refractivity contribution in [1.82, 2.24) is 0 Å². The van der Waals surface area contributed by atoms with Crippen LogP contribution in [-0.2, 0) is 0 Å². The summed E-state index contributed by atoms with van der Waals surface area (Å²) in [6.45, 7) is -1.37. The standard InChI is InChI=1S/C17H10F3NOS/c18-17(19,20)10-22-15-13-7-3-4-8-14(13)23-16(15)12-6-2-1-5-11(12)9-21/h1-8H,10H2. The van der Waals surface area contributed by atoms with E-state index in [-0.39, 0.29) is 5.75 Å². The van der Waals surface area contributed by atoms with E-state index in [1.807, 2.05) is 12.1 Å². The van der Waals surface area contributed by atoms with Crippen molar-refractivity contribution in [2.24, 2.45) is 0 Å². The van der Waals surface area contributed by atoms with Crippen LogP contribution in [0, 0.1) is 11.3 Å². The number of hydrogen-bond acceptors (Lipinski definition) is 3. The van der Waals surface area contributed by atoms with Gasteiger partial charge in [-0.05, 0) is 18.2 Å². The molecule has 0 saturated heterocycles. The molecule has 0 aliphatic heterocycles. The molecule has 0 atom stereocenters. The molecule has 1 aromatic heterocycles. The molecule has 0 aliphatic rings. The number of nitriles is 1. The average Bonchev–Trinajstić information content (AvgIpc) is 2.90. The first-order valence-corrected chi connectivity index (χ1v) is 7.52. The first kappa shape index (κ1) is 15.4. The van der Waals surface area contributed by atoms with Gasteiger partial charge < -0.3 is 4.74 Å². The Morgan fingerprint density at radius 3 is 2.48 bits per heavy atom. The number of fused-ring (bicyclic) bond motifs is 1. The van der Waals surface area contributed by atoms with Gasteiger partial charge in [0.15, 0.2) is 6.61 Å². The fraction of sp³-hybridized carbons (Fsp3) is 0.118. The van der Waals surface area contributed by atoms with E-state index in [9.17, 15) is 18.4 Å². The Hall–Kier alpha value is -2.52. The largest absolute Gasteiger partial charge is 0.482 e. The Morgan fingerprint density at radius 2 is 1.74 bits per heavy atom. The van der Waals surface area contributed by atoms with Crippen LogP contribution in [0.1, 0.15) is 5.56 Å². The molecular formula is C17H10F3NOS. The van der Waals surface area contributed by atoms with E-state index in [0.717, 1.165) is 4.70 Å². The number of thiophene rings is 1. The second kappa shape index (κ2) is 5.94. The van der Waals surface area contributed by atoms with Gasteiger partial charge in [-0.1, -0.05) is 30.3 Å². The first-order chi connectivity index (χ1) is 11.0. The molecule has 0 saturated carbocycles. The predicted molar refractivity (Wildman–Crippen MR) is 83.5 cm³/mol. The van der Waals surface area contributed by atoms with E-state index >= 15 is 0 Å². The van der Waals surface area contributed by atoms with E-state index in [0.29, 0.717) is 21.4 Å². The van der Waals surface area contributed by atoms with Gasteiger partial charge in [-0.3, -0.25) is 0 Å². The van der Waals surface area contributed by atoms with E-state index in [4.69, 9.17) is 4.74 Å². The van der Waals surface area contributed by atoms with Gasteiger partial charge in [0, 0.05) is 15.6 Å². The van der Waals surface area contributed by atoms with Crippen molar-refractivity contribution < 1.29 is 17.9 Å². The number of benzene rings is 2. The predicted octanol–water partition coefficient (Wildman–Crippen LogP) is 5.38. The van der Waals surface area contributed by atoms with Crippen LogP contribution in [0.2, 0.25) is 0 Å². The topological polar surface area (TPSA) is 33.0 Å². The van der Waals surface area contributed by atoms with E-state index in [1.54, 1.807) is 36.4 Å². The molecule has 0 aliphatic carbocycles. The number of hydrogen-bond donors (Lipinski definition) is 0. The molecule has 0 spiro atoms. The van der Waals surface area contributed by atoms with Gasteiger partial charge >= 0.3 is 6.18 Å². The van der Waals surface area contributed by atoms with Crippen molar-refractivity contribution in [3.8, 4) is 22.3 Å². The summed E-state index contributed by atoms with van der Waals surface area (Å²) in [6, 6.07) is 16.0. The van der Waals surface area contributed by atoms with Gasteiger partial charge in [0.05, 0.1) is 16.5 Å². The summed E-state index contributed by atoms with van der Waals surface area (Å²) in [6.07, 6.45) is -4.42. The van der Waals surface area contributed by atoms with Crippen molar-refractivity contribution in [2.45, 2.75) is 6.18 Å². The van der Waals surface area contributed by atoms with Crippen molar-refractivity contribution >= 4 is 21.4 Å².